The molecule has 13 heavy (non-hydrogen) atoms. The van der Waals surface area contributed by atoms with Crippen molar-refractivity contribution in [1.29, 1.82) is 0 Å². The summed E-state index contributed by atoms with van der Waals surface area (Å²) in [6.45, 7) is 5.80. The van der Waals surface area contributed by atoms with E-state index in [0.717, 1.165) is 18.4 Å². The van der Waals surface area contributed by atoms with Crippen molar-refractivity contribution in [1.82, 2.24) is 0 Å². The van der Waals surface area contributed by atoms with Crippen LogP contribution in [0.1, 0.15) is 38.3 Å². The van der Waals surface area contributed by atoms with E-state index in [2.05, 4.69) is 19.1 Å². The molecule has 0 radical (unpaired) electrons. The molecule has 1 aromatic rings. The minimum Gasteiger partial charge on any atom is -0.386 e. The average Bonchev–Trinajstić information content (AvgIpc) is 2.04. The smallest absolute Gasteiger partial charge is 0.0840 e. The van der Waals surface area contributed by atoms with Crippen molar-refractivity contribution in [2.24, 2.45) is 0 Å². The van der Waals surface area contributed by atoms with Gasteiger partial charge in [-0.3, -0.25) is 0 Å². The minimum atomic E-state index is -0.719. The topological polar surface area (TPSA) is 20.2 Å². The van der Waals surface area contributed by atoms with E-state index in [9.17, 15) is 5.11 Å². The van der Waals surface area contributed by atoms with Gasteiger partial charge in [-0.1, -0.05) is 37.6 Å². The maximum Gasteiger partial charge on any atom is 0.0840 e. The van der Waals surface area contributed by atoms with Gasteiger partial charge in [0.2, 0.25) is 0 Å². The summed E-state index contributed by atoms with van der Waals surface area (Å²) in [6.07, 6.45) is 2.24. The van der Waals surface area contributed by atoms with Crippen LogP contribution in [0.5, 0.6) is 0 Å². The average molecular weight is 178 g/mol. The first-order chi connectivity index (χ1) is 6.04. The molecule has 0 bridgehead atoms. The number of rotatable bonds is 3. The van der Waals surface area contributed by atoms with E-state index in [1.165, 1.54) is 5.56 Å². The second-order valence-corrected chi connectivity index (χ2v) is 4.01. The lowest BCUT2D eigenvalue weighted by molar-refractivity contribution is 0.0785. The summed E-state index contributed by atoms with van der Waals surface area (Å²) >= 11 is 0. The highest BCUT2D eigenvalue weighted by Crippen LogP contribution is 2.20. The third kappa shape index (κ3) is 2.85. The zero-order chi connectivity index (χ0) is 9.90. The van der Waals surface area contributed by atoms with Crippen LogP contribution in [0.4, 0.5) is 0 Å². The van der Waals surface area contributed by atoms with Gasteiger partial charge in [-0.05, 0) is 31.4 Å². The lowest BCUT2D eigenvalue weighted by atomic mass is 9.95. The van der Waals surface area contributed by atoms with Crippen molar-refractivity contribution in [3.8, 4) is 0 Å². The van der Waals surface area contributed by atoms with Gasteiger partial charge in [0, 0.05) is 0 Å². The van der Waals surface area contributed by atoms with Gasteiger partial charge in [0.25, 0.3) is 0 Å². The lowest BCUT2D eigenvalue weighted by Gasteiger charge is -2.18. The first kappa shape index (κ1) is 10.3. The van der Waals surface area contributed by atoms with E-state index in [-0.39, 0.29) is 0 Å². The Morgan fingerprint density at radius 3 is 2.54 bits per heavy atom. The van der Waals surface area contributed by atoms with Gasteiger partial charge in [0.05, 0.1) is 5.60 Å². The van der Waals surface area contributed by atoms with Crippen LogP contribution in [0.2, 0.25) is 0 Å². The predicted octanol–water partition coefficient (Wildman–Crippen LogP) is 2.87. The maximum atomic E-state index is 9.78. The molecule has 0 heterocycles. The summed E-state index contributed by atoms with van der Waals surface area (Å²) in [7, 11) is 0. The molecular formula is C12H18O. The fourth-order valence-electron chi connectivity index (χ4n) is 1.40. The van der Waals surface area contributed by atoms with Crippen molar-refractivity contribution in [2.45, 2.75) is 39.2 Å². The molecule has 0 amide bonds. The van der Waals surface area contributed by atoms with Gasteiger partial charge in [-0.15, -0.1) is 0 Å². The van der Waals surface area contributed by atoms with Gasteiger partial charge < -0.3 is 5.11 Å². The molecule has 0 aromatic heterocycles. The van der Waals surface area contributed by atoms with Gasteiger partial charge in [0.15, 0.2) is 0 Å². The summed E-state index contributed by atoms with van der Waals surface area (Å²) in [5, 5.41) is 9.78. The van der Waals surface area contributed by atoms with Crippen molar-refractivity contribution >= 4 is 0 Å². The van der Waals surface area contributed by atoms with Crippen LogP contribution in [0, 0.1) is 0 Å². The lowest BCUT2D eigenvalue weighted by Crippen LogP contribution is -2.15. The zero-order valence-corrected chi connectivity index (χ0v) is 8.67. The molecule has 0 spiro atoms. The predicted molar refractivity (Wildman–Crippen MR) is 55.7 cm³/mol. The SMILES string of the molecule is CCCc1cccc(C(C)(C)O)c1. The number of aliphatic hydroxyl groups is 1. The molecule has 1 aromatic carbocycles. The highest BCUT2D eigenvalue weighted by atomic mass is 16.3. The second-order valence-electron chi connectivity index (χ2n) is 4.01. The Kier molecular flexibility index (Phi) is 3.10. The standard InChI is InChI=1S/C12H18O/c1-4-6-10-7-5-8-11(9-10)12(2,3)13/h5,7-9,13H,4,6H2,1-3H3. The number of aryl methyl sites for hydroxylation is 1. The summed E-state index contributed by atoms with van der Waals surface area (Å²) in [5.41, 5.74) is 1.59. The molecule has 0 atom stereocenters. The fourth-order valence-corrected chi connectivity index (χ4v) is 1.40. The molecule has 1 heteroatoms. The van der Waals surface area contributed by atoms with E-state index >= 15 is 0 Å². The highest BCUT2D eigenvalue weighted by Gasteiger charge is 2.15. The van der Waals surface area contributed by atoms with Gasteiger partial charge in [-0.2, -0.15) is 0 Å². The van der Waals surface area contributed by atoms with Crippen LogP contribution in [0.25, 0.3) is 0 Å². The molecule has 0 saturated carbocycles. The largest absolute Gasteiger partial charge is 0.386 e. The Hall–Kier alpha value is -0.820. The third-order valence-electron chi connectivity index (χ3n) is 2.17. The zero-order valence-electron chi connectivity index (χ0n) is 8.67. The summed E-state index contributed by atoms with van der Waals surface area (Å²) < 4.78 is 0. The molecular weight excluding hydrogens is 160 g/mol. The second kappa shape index (κ2) is 3.93. The first-order valence-corrected chi connectivity index (χ1v) is 4.86. The van der Waals surface area contributed by atoms with Crippen LogP contribution in [0.3, 0.4) is 0 Å². The third-order valence-corrected chi connectivity index (χ3v) is 2.17. The van der Waals surface area contributed by atoms with Crippen LogP contribution < -0.4 is 0 Å². The van der Waals surface area contributed by atoms with Crippen molar-refractivity contribution in [3.63, 3.8) is 0 Å². The van der Waals surface area contributed by atoms with E-state index in [1.54, 1.807) is 0 Å². The van der Waals surface area contributed by atoms with Crippen molar-refractivity contribution in [2.75, 3.05) is 0 Å². The molecule has 0 aliphatic heterocycles. The summed E-state index contributed by atoms with van der Waals surface area (Å²) in [6, 6.07) is 8.18. The van der Waals surface area contributed by atoms with E-state index in [0.29, 0.717) is 0 Å². The summed E-state index contributed by atoms with van der Waals surface area (Å²) in [4.78, 5) is 0. The van der Waals surface area contributed by atoms with Crippen LogP contribution in [0.15, 0.2) is 24.3 Å². The molecule has 0 aliphatic rings. The van der Waals surface area contributed by atoms with E-state index in [4.69, 9.17) is 0 Å². The number of hydrogen-bond donors (Lipinski definition) is 1. The Bertz CT molecular complexity index is 271. The normalized spacial score (nSPS) is 11.7. The molecule has 0 fully saturated rings. The maximum absolute atomic E-state index is 9.78. The van der Waals surface area contributed by atoms with Gasteiger partial charge in [0.1, 0.15) is 0 Å². The molecule has 72 valence electrons. The molecule has 1 rings (SSSR count). The Morgan fingerprint density at radius 2 is 2.00 bits per heavy atom. The Labute approximate surface area is 80.4 Å². The Balaban J connectivity index is 2.92. The number of hydrogen-bond acceptors (Lipinski definition) is 1. The summed E-state index contributed by atoms with van der Waals surface area (Å²) in [5.74, 6) is 0. The van der Waals surface area contributed by atoms with Crippen LogP contribution in [-0.2, 0) is 12.0 Å². The fraction of sp³-hybridized carbons (Fsp3) is 0.500. The number of benzene rings is 1. The van der Waals surface area contributed by atoms with Crippen molar-refractivity contribution in [3.05, 3.63) is 35.4 Å². The van der Waals surface area contributed by atoms with E-state index < -0.39 is 5.60 Å². The molecule has 0 aliphatic carbocycles. The first-order valence-electron chi connectivity index (χ1n) is 4.86. The van der Waals surface area contributed by atoms with Crippen LogP contribution >= 0.6 is 0 Å². The minimum absolute atomic E-state index is 0.719. The Morgan fingerprint density at radius 1 is 1.31 bits per heavy atom. The highest BCUT2D eigenvalue weighted by molar-refractivity contribution is 5.27. The molecule has 0 unspecified atom stereocenters. The quantitative estimate of drug-likeness (QED) is 0.754. The van der Waals surface area contributed by atoms with Crippen LogP contribution in [-0.4, -0.2) is 5.11 Å². The molecule has 1 nitrogen and oxygen atoms in total. The van der Waals surface area contributed by atoms with Gasteiger partial charge >= 0.3 is 0 Å². The van der Waals surface area contributed by atoms with Crippen molar-refractivity contribution < 1.29 is 5.11 Å². The monoisotopic (exact) mass is 178 g/mol. The van der Waals surface area contributed by atoms with E-state index in [1.807, 2.05) is 26.0 Å². The molecule has 1 N–H and O–H groups in total. The van der Waals surface area contributed by atoms with Gasteiger partial charge in [-0.25, -0.2) is 0 Å². The molecule has 0 saturated heterocycles.